The first-order valence-electron chi connectivity index (χ1n) is 5.63. The van der Waals surface area contributed by atoms with Gasteiger partial charge in [-0.1, -0.05) is 23.9 Å². The van der Waals surface area contributed by atoms with Gasteiger partial charge in [0.2, 0.25) is 0 Å². The maximum absolute atomic E-state index is 10.9. The van der Waals surface area contributed by atoms with Gasteiger partial charge in [-0.2, -0.15) is 0 Å². The summed E-state index contributed by atoms with van der Waals surface area (Å²) in [7, 11) is 0. The number of hydrogen-bond donors (Lipinski definition) is 1. The predicted molar refractivity (Wildman–Crippen MR) is 72.1 cm³/mol. The van der Waals surface area contributed by atoms with E-state index in [4.69, 9.17) is 0 Å². The number of nitrogens with zero attached hydrogens (tertiary/aromatic N) is 2. The summed E-state index contributed by atoms with van der Waals surface area (Å²) >= 11 is 1.28. The minimum Gasteiger partial charge on any atom is -0.387 e. The lowest BCUT2D eigenvalue weighted by molar-refractivity contribution is -0.387. The first-order valence-corrected chi connectivity index (χ1v) is 6.45. The monoisotopic (exact) mass is 276 g/mol. The topological polar surface area (TPSA) is 76.3 Å². The molecule has 0 saturated carbocycles. The number of hydrogen-bond acceptors (Lipinski definition) is 5. The Bertz CT molecular complexity index is 585. The van der Waals surface area contributed by atoms with E-state index in [1.807, 2.05) is 0 Å². The van der Waals surface area contributed by atoms with Crippen molar-refractivity contribution in [3.8, 4) is 0 Å². The number of aromatic nitrogens is 1. The molecule has 0 spiro atoms. The third-order valence-corrected chi connectivity index (χ3v) is 3.52. The number of aliphatic hydroxyl groups is 1. The highest BCUT2D eigenvalue weighted by molar-refractivity contribution is 7.99. The van der Waals surface area contributed by atoms with E-state index in [0.717, 1.165) is 4.90 Å². The lowest BCUT2D eigenvalue weighted by Gasteiger charge is -2.05. The minimum absolute atomic E-state index is 0.0760. The standard InChI is InChI=1S/C13H12N2O3S/c1-9(16)11-7-6-10(8-14-11)19-13-5-3-2-4-12(13)15(17)18/h2-9,16H,1H3. The van der Waals surface area contributed by atoms with E-state index < -0.39 is 11.0 Å². The summed E-state index contributed by atoms with van der Waals surface area (Å²) in [6.45, 7) is 1.64. The molecule has 0 fully saturated rings. The Morgan fingerprint density at radius 1 is 1.32 bits per heavy atom. The molecule has 0 saturated heterocycles. The fourth-order valence-corrected chi connectivity index (χ4v) is 2.41. The van der Waals surface area contributed by atoms with Crippen LogP contribution >= 0.6 is 11.8 Å². The number of pyridine rings is 1. The normalized spacial score (nSPS) is 12.1. The first-order chi connectivity index (χ1) is 9.08. The minimum atomic E-state index is -0.620. The van der Waals surface area contributed by atoms with Gasteiger partial charge in [0.1, 0.15) is 0 Å². The molecule has 0 radical (unpaired) electrons. The number of aliphatic hydroxyl groups excluding tert-OH is 1. The summed E-state index contributed by atoms with van der Waals surface area (Å²) in [6, 6.07) is 10.1. The fraction of sp³-hybridized carbons (Fsp3) is 0.154. The van der Waals surface area contributed by atoms with Crippen LogP contribution in [0.2, 0.25) is 0 Å². The Hall–Kier alpha value is -1.92. The Kier molecular flexibility index (Phi) is 4.13. The molecule has 0 aliphatic heterocycles. The second kappa shape index (κ2) is 5.81. The molecule has 1 N–H and O–H groups in total. The van der Waals surface area contributed by atoms with Crippen LogP contribution in [0.1, 0.15) is 18.7 Å². The van der Waals surface area contributed by atoms with Crippen molar-refractivity contribution in [3.05, 3.63) is 58.4 Å². The van der Waals surface area contributed by atoms with Crippen LogP contribution in [0.4, 0.5) is 5.69 Å². The van der Waals surface area contributed by atoms with Crippen molar-refractivity contribution in [3.63, 3.8) is 0 Å². The molecular formula is C13H12N2O3S. The number of nitro benzene ring substituents is 1. The third-order valence-electron chi connectivity index (χ3n) is 2.48. The van der Waals surface area contributed by atoms with Crippen molar-refractivity contribution in [1.29, 1.82) is 0 Å². The van der Waals surface area contributed by atoms with Crippen molar-refractivity contribution in [2.24, 2.45) is 0 Å². The Labute approximate surface area is 114 Å². The van der Waals surface area contributed by atoms with Gasteiger partial charge in [0.15, 0.2) is 0 Å². The highest BCUT2D eigenvalue weighted by atomic mass is 32.2. The van der Waals surface area contributed by atoms with Crippen molar-refractivity contribution in [1.82, 2.24) is 4.98 Å². The largest absolute Gasteiger partial charge is 0.387 e. The maximum Gasteiger partial charge on any atom is 0.283 e. The summed E-state index contributed by atoms with van der Waals surface area (Å²) < 4.78 is 0. The molecule has 0 amide bonds. The molecule has 5 nitrogen and oxygen atoms in total. The van der Waals surface area contributed by atoms with Crippen molar-refractivity contribution >= 4 is 17.4 Å². The quantitative estimate of drug-likeness (QED) is 0.685. The second-order valence-electron chi connectivity index (χ2n) is 3.92. The average Bonchev–Trinajstić information content (AvgIpc) is 2.39. The zero-order chi connectivity index (χ0) is 13.8. The van der Waals surface area contributed by atoms with Gasteiger partial charge in [0, 0.05) is 17.2 Å². The van der Waals surface area contributed by atoms with Crippen molar-refractivity contribution in [2.75, 3.05) is 0 Å². The Balaban J connectivity index is 2.24. The van der Waals surface area contributed by atoms with Gasteiger partial charge in [-0.3, -0.25) is 15.1 Å². The number of para-hydroxylation sites is 1. The summed E-state index contributed by atoms with van der Waals surface area (Å²) in [4.78, 5) is 16.0. The number of nitro groups is 1. The summed E-state index contributed by atoms with van der Waals surface area (Å²) in [5, 5.41) is 20.3. The summed E-state index contributed by atoms with van der Waals surface area (Å²) in [5.41, 5.74) is 0.652. The number of benzene rings is 1. The molecule has 0 aliphatic rings. The van der Waals surface area contributed by atoms with Crippen LogP contribution in [0.15, 0.2) is 52.4 Å². The Morgan fingerprint density at radius 3 is 2.63 bits per heavy atom. The molecule has 19 heavy (non-hydrogen) atoms. The highest BCUT2D eigenvalue weighted by Gasteiger charge is 2.13. The van der Waals surface area contributed by atoms with Crippen LogP contribution in [-0.4, -0.2) is 15.0 Å². The average molecular weight is 276 g/mol. The van der Waals surface area contributed by atoms with Gasteiger partial charge in [-0.05, 0) is 25.1 Å². The van der Waals surface area contributed by atoms with Crippen LogP contribution in [0.5, 0.6) is 0 Å². The second-order valence-corrected chi connectivity index (χ2v) is 5.04. The maximum atomic E-state index is 10.9. The molecule has 1 aromatic carbocycles. The van der Waals surface area contributed by atoms with Gasteiger partial charge in [-0.25, -0.2) is 0 Å². The summed E-state index contributed by atoms with van der Waals surface area (Å²) in [5.74, 6) is 0. The van der Waals surface area contributed by atoms with Gasteiger partial charge < -0.3 is 5.11 Å². The zero-order valence-electron chi connectivity index (χ0n) is 10.2. The zero-order valence-corrected chi connectivity index (χ0v) is 11.0. The molecule has 6 heteroatoms. The van der Waals surface area contributed by atoms with Gasteiger partial charge in [0.25, 0.3) is 5.69 Å². The van der Waals surface area contributed by atoms with Crippen LogP contribution in [0.25, 0.3) is 0 Å². The predicted octanol–water partition coefficient (Wildman–Crippen LogP) is 3.19. The third kappa shape index (κ3) is 3.30. The van der Waals surface area contributed by atoms with Crippen LogP contribution in [0, 0.1) is 10.1 Å². The highest BCUT2D eigenvalue weighted by Crippen LogP contribution is 2.34. The lowest BCUT2D eigenvalue weighted by atomic mass is 10.2. The molecule has 1 atom stereocenters. The molecule has 0 bridgehead atoms. The molecule has 1 heterocycles. The molecule has 0 aliphatic carbocycles. The van der Waals surface area contributed by atoms with Gasteiger partial charge >= 0.3 is 0 Å². The van der Waals surface area contributed by atoms with E-state index in [2.05, 4.69) is 4.98 Å². The van der Waals surface area contributed by atoms with E-state index in [1.54, 1.807) is 43.5 Å². The van der Waals surface area contributed by atoms with Crippen LogP contribution in [-0.2, 0) is 0 Å². The molecule has 1 unspecified atom stereocenters. The molecule has 98 valence electrons. The van der Waals surface area contributed by atoms with E-state index in [1.165, 1.54) is 17.8 Å². The van der Waals surface area contributed by atoms with E-state index in [9.17, 15) is 15.2 Å². The van der Waals surface area contributed by atoms with E-state index >= 15 is 0 Å². The van der Waals surface area contributed by atoms with E-state index in [0.29, 0.717) is 10.6 Å². The SMILES string of the molecule is CC(O)c1ccc(Sc2ccccc2[N+](=O)[O-])cn1. The van der Waals surface area contributed by atoms with Crippen LogP contribution in [0.3, 0.4) is 0 Å². The summed E-state index contributed by atoms with van der Waals surface area (Å²) in [6.07, 6.45) is 0.980. The van der Waals surface area contributed by atoms with Gasteiger partial charge in [-0.15, -0.1) is 0 Å². The van der Waals surface area contributed by atoms with Crippen molar-refractivity contribution in [2.45, 2.75) is 22.8 Å². The molecular weight excluding hydrogens is 264 g/mol. The fourth-order valence-electron chi connectivity index (χ4n) is 1.52. The molecule has 1 aromatic heterocycles. The van der Waals surface area contributed by atoms with Gasteiger partial charge in [0.05, 0.1) is 21.6 Å². The number of rotatable bonds is 4. The lowest BCUT2D eigenvalue weighted by Crippen LogP contribution is -1.94. The van der Waals surface area contributed by atoms with Crippen LogP contribution < -0.4 is 0 Å². The Morgan fingerprint density at radius 2 is 2.05 bits per heavy atom. The van der Waals surface area contributed by atoms with E-state index in [-0.39, 0.29) is 5.69 Å². The first kappa shape index (κ1) is 13.5. The van der Waals surface area contributed by atoms with Crippen molar-refractivity contribution < 1.29 is 10.0 Å². The molecule has 2 rings (SSSR count). The smallest absolute Gasteiger partial charge is 0.283 e. The molecule has 2 aromatic rings.